The second-order valence-electron chi connectivity index (χ2n) is 5.31. The summed E-state index contributed by atoms with van der Waals surface area (Å²) in [6, 6.07) is 12.4. The molecule has 0 saturated heterocycles. The normalized spacial score (nSPS) is 15.8. The van der Waals surface area contributed by atoms with Crippen LogP contribution in [0.5, 0.6) is 0 Å². The van der Waals surface area contributed by atoms with Gasteiger partial charge >= 0.3 is 5.97 Å². The first-order valence-electron chi connectivity index (χ1n) is 7.30. The van der Waals surface area contributed by atoms with Crippen LogP contribution in [0.4, 0.5) is 4.39 Å². The summed E-state index contributed by atoms with van der Waals surface area (Å²) in [6.45, 7) is 0. The van der Waals surface area contributed by atoms with E-state index in [-0.39, 0.29) is 16.7 Å². The van der Waals surface area contributed by atoms with E-state index in [1.165, 1.54) is 24.3 Å². The molecule has 122 valence electrons. The summed E-state index contributed by atoms with van der Waals surface area (Å²) in [5.41, 5.74) is 0.484. The number of alkyl halides is 1. The standard InChI is InChI=1S/C18H14FNO4/c1-24-18(23)15(14(19)11-7-3-2-4-8-11)20-16(21)12-9-5-6-10-13(12)17(20)22/h2-10,14-15H,1H3. The smallest absolute Gasteiger partial charge is 0.332 e. The Kier molecular flexibility index (Phi) is 4.12. The first-order chi connectivity index (χ1) is 11.6. The molecule has 5 nitrogen and oxygen atoms in total. The van der Waals surface area contributed by atoms with Gasteiger partial charge in [0, 0.05) is 0 Å². The summed E-state index contributed by atoms with van der Waals surface area (Å²) in [6.07, 6.45) is -1.89. The van der Waals surface area contributed by atoms with Crippen molar-refractivity contribution in [1.82, 2.24) is 4.90 Å². The lowest BCUT2D eigenvalue weighted by atomic mass is 10.0. The molecular weight excluding hydrogens is 313 g/mol. The number of benzene rings is 2. The molecule has 0 N–H and O–H groups in total. The number of carbonyl (C=O) groups excluding carboxylic acids is 3. The number of rotatable bonds is 4. The molecule has 0 aromatic heterocycles. The minimum absolute atomic E-state index is 0.150. The van der Waals surface area contributed by atoms with Crippen molar-refractivity contribution in [2.45, 2.75) is 12.2 Å². The van der Waals surface area contributed by atoms with E-state index >= 15 is 4.39 Å². The number of ether oxygens (including phenoxy) is 1. The van der Waals surface area contributed by atoms with Gasteiger partial charge in [-0.25, -0.2) is 9.18 Å². The SMILES string of the molecule is COC(=O)C(C(F)c1ccccc1)N1C(=O)c2ccccc2C1=O. The van der Waals surface area contributed by atoms with E-state index in [0.29, 0.717) is 4.90 Å². The number of fused-ring (bicyclic) bond motifs is 1. The van der Waals surface area contributed by atoms with Crippen LogP contribution >= 0.6 is 0 Å². The number of nitrogens with zero attached hydrogens (tertiary/aromatic N) is 1. The Morgan fingerprint density at radius 3 is 1.96 bits per heavy atom. The average Bonchev–Trinajstić information content (AvgIpc) is 2.88. The first kappa shape index (κ1) is 15.9. The predicted octanol–water partition coefficient (Wildman–Crippen LogP) is 2.54. The van der Waals surface area contributed by atoms with Crippen LogP contribution in [-0.2, 0) is 9.53 Å². The van der Waals surface area contributed by atoms with Crippen molar-refractivity contribution < 1.29 is 23.5 Å². The maximum atomic E-state index is 15.0. The van der Waals surface area contributed by atoms with Gasteiger partial charge < -0.3 is 4.74 Å². The lowest BCUT2D eigenvalue weighted by Gasteiger charge is -2.26. The fourth-order valence-electron chi connectivity index (χ4n) is 2.76. The second kappa shape index (κ2) is 6.23. The summed E-state index contributed by atoms with van der Waals surface area (Å²) < 4.78 is 19.6. The van der Waals surface area contributed by atoms with Crippen LogP contribution in [0.15, 0.2) is 54.6 Å². The number of esters is 1. The van der Waals surface area contributed by atoms with Crippen molar-refractivity contribution in [2.24, 2.45) is 0 Å². The Balaban J connectivity index is 2.04. The number of hydrogen-bond acceptors (Lipinski definition) is 4. The molecule has 2 atom stereocenters. The Bertz CT molecular complexity index is 771. The van der Waals surface area contributed by atoms with Crippen molar-refractivity contribution in [3.63, 3.8) is 0 Å². The number of amides is 2. The van der Waals surface area contributed by atoms with E-state index in [1.54, 1.807) is 30.3 Å². The van der Waals surface area contributed by atoms with Crippen molar-refractivity contribution in [3.8, 4) is 0 Å². The Labute approximate surface area is 137 Å². The van der Waals surface area contributed by atoms with Gasteiger partial charge in [-0.05, 0) is 17.7 Å². The summed E-state index contributed by atoms with van der Waals surface area (Å²) in [5, 5.41) is 0. The molecule has 2 aromatic carbocycles. The minimum Gasteiger partial charge on any atom is -0.467 e. The van der Waals surface area contributed by atoms with Crippen LogP contribution in [0.2, 0.25) is 0 Å². The van der Waals surface area contributed by atoms with Crippen LogP contribution in [0.1, 0.15) is 32.5 Å². The van der Waals surface area contributed by atoms with Gasteiger partial charge in [-0.1, -0.05) is 42.5 Å². The third kappa shape index (κ3) is 2.46. The van der Waals surface area contributed by atoms with Gasteiger partial charge in [0.1, 0.15) is 0 Å². The van der Waals surface area contributed by atoms with Gasteiger partial charge in [0.2, 0.25) is 0 Å². The van der Waals surface area contributed by atoms with Crippen molar-refractivity contribution in [1.29, 1.82) is 0 Å². The summed E-state index contributed by atoms with van der Waals surface area (Å²) in [5.74, 6) is -2.39. The first-order valence-corrected chi connectivity index (χ1v) is 7.30. The van der Waals surface area contributed by atoms with Crippen LogP contribution in [-0.4, -0.2) is 35.8 Å². The third-order valence-corrected chi connectivity index (χ3v) is 3.94. The summed E-state index contributed by atoms with van der Waals surface area (Å²) in [7, 11) is 1.09. The van der Waals surface area contributed by atoms with Gasteiger partial charge in [0.15, 0.2) is 12.2 Å². The Morgan fingerprint density at radius 2 is 1.46 bits per heavy atom. The van der Waals surface area contributed by atoms with Gasteiger partial charge in [0.05, 0.1) is 18.2 Å². The maximum Gasteiger partial charge on any atom is 0.332 e. The van der Waals surface area contributed by atoms with E-state index in [4.69, 9.17) is 0 Å². The number of methoxy groups -OCH3 is 1. The molecule has 6 heteroatoms. The molecule has 1 aliphatic rings. The fraction of sp³-hybridized carbons (Fsp3) is 0.167. The minimum atomic E-state index is -1.89. The number of hydrogen-bond donors (Lipinski definition) is 0. The van der Waals surface area contributed by atoms with Crippen LogP contribution < -0.4 is 0 Å². The fourth-order valence-corrected chi connectivity index (χ4v) is 2.76. The van der Waals surface area contributed by atoms with Crippen LogP contribution in [0.3, 0.4) is 0 Å². The molecule has 24 heavy (non-hydrogen) atoms. The molecule has 0 bridgehead atoms. The highest BCUT2D eigenvalue weighted by Gasteiger charge is 2.47. The molecule has 1 aliphatic heterocycles. The highest BCUT2D eigenvalue weighted by Crippen LogP contribution is 2.32. The zero-order valence-corrected chi connectivity index (χ0v) is 12.8. The van der Waals surface area contributed by atoms with E-state index in [0.717, 1.165) is 7.11 Å². The molecule has 2 aromatic rings. The van der Waals surface area contributed by atoms with E-state index in [9.17, 15) is 14.4 Å². The molecule has 2 unspecified atom stereocenters. The van der Waals surface area contributed by atoms with Crippen molar-refractivity contribution in [3.05, 3.63) is 71.3 Å². The molecule has 0 spiro atoms. The monoisotopic (exact) mass is 327 g/mol. The Hall–Kier alpha value is -3.02. The molecular formula is C18H14FNO4. The van der Waals surface area contributed by atoms with Crippen LogP contribution in [0.25, 0.3) is 0 Å². The lowest BCUT2D eigenvalue weighted by Crippen LogP contribution is -2.48. The zero-order valence-electron chi connectivity index (χ0n) is 12.8. The number of imide groups is 1. The predicted molar refractivity (Wildman–Crippen MR) is 83.0 cm³/mol. The summed E-state index contributed by atoms with van der Waals surface area (Å²) in [4.78, 5) is 37.9. The number of carbonyl (C=O) groups is 3. The lowest BCUT2D eigenvalue weighted by molar-refractivity contribution is -0.147. The molecule has 1 heterocycles. The van der Waals surface area contributed by atoms with Gasteiger partial charge in [-0.15, -0.1) is 0 Å². The molecule has 2 amide bonds. The highest BCUT2D eigenvalue weighted by atomic mass is 19.1. The van der Waals surface area contributed by atoms with Crippen molar-refractivity contribution >= 4 is 17.8 Å². The van der Waals surface area contributed by atoms with Crippen LogP contribution in [0, 0.1) is 0 Å². The molecule has 0 radical (unpaired) electrons. The molecule has 3 rings (SSSR count). The van der Waals surface area contributed by atoms with E-state index in [2.05, 4.69) is 4.74 Å². The molecule has 0 aliphatic carbocycles. The molecule has 0 fully saturated rings. The van der Waals surface area contributed by atoms with Gasteiger partial charge in [0.25, 0.3) is 11.8 Å². The average molecular weight is 327 g/mol. The number of halogens is 1. The van der Waals surface area contributed by atoms with E-state index in [1.807, 2.05) is 0 Å². The maximum absolute atomic E-state index is 15.0. The largest absolute Gasteiger partial charge is 0.467 e. The van der Waals surface area contributed by atoms with Gasteiger partial charge in [-0.2, -0.15) is 0 Å². The zero-order chi connectivity index (χ0) is 17.3. The Morgan fingerprint density at radius 1 is 0.958 bits per heavy atom. The molecule has 0 saturated carbocycles. The second-order valence-corrected chi connectivity index (χ2v) is 5.31. The quantitative estimate of drug-likeness (QED) is 0.639. The topological polar surface area (TPSA) is 63.7 Å². The van der Waals surface area contributed by atoms with E-state index < -0.39 is 30.0 Å². The third-order valence-electron chi connectivity index (χ3n) is 3.94. The van der Waals surface area contributed by atoms with Gasteiger partial charge in [-0.3, -0.25) is 14.5 Å². The van der Waals surface area contributed by atoms with Crippen molar-refractivity contribution in [2.75, 3.05) is 7.11 Å². The highest BCUT2D eigenvalue weighted by molar-refractivity contribution is 6.22. The summed E-state index contributed by atoms with van der Waals surface area (Å²) >= 11 is 0.